The van der Waals surface area contributed by atoms with Crippen molar-refractivity contribution in [3.05, 3.63) is 21.8 Å². The van der Waals surface area contributed by atoms with Crippen molar-refractivity contribution >= 4 is 27.3 Å². The van der Waals surface area contributed by atoms with Gasteiger partial charge in [0.15, 0.2) is 6.10 Å². The zero-order chi connectivity index (χ0) is 11.7. The second-order valence-electron chi connectivity index (χ2n) is 3.52. The molecule has 0 unspecified atom stereocenters. The molecule has 0 saturated carbocycles. The smallest absolute Gasteiger partial charge is 0.258 e. The molecule has 17 heavy (non-hydrogen) atoms. The lowest BCUT2D eigenvalue weighted by molar-refractivity contribution is -0.101. The Balaban J connectivity index is 1.82. The number of hydrogen-bond acceptors (Lipinski definition) is 6. The third-order valence-electron chi connectivity index (χ3n) is 2.32. The molecule has 2 aromatic heterocycles. The molecule has 3 heterocycles. The number of nitrogens with zero attached hydrogens (tertiary/aromatic N) is 2. The number of aromatic nitrogens is 2. The highest BCUT2D eigenvalue weighted by molar-refractivity contribution is 9.10. The predicted molar refractivity (Wildman–Crippen MR) is 64.8 cm³/mol. The third-order valence-corrected chi connectivity index (χ3v) is 4.01. The summed E-state index contributed by atoms with van der Waals surface area (Å²) in [5.41, 5.74) is 0. The Morgan fingerprint density at radius 3 is 3.06 bits per heavy atom. The van der Waals surface area contributed by atoms with Crippen LogP contribution in [0.15, 0.2) is 20.4 Å². The molecule has 0 N–H and O–H groups in total. The van der Waals surface area contributed by atoms with Gasteiger partial charge in [-0.05, 0) is 22.0 Å². The van der Waals surface area contributed by atoms with Gasteiger partial charge >= 0.3 is 0 Å². The number of rotatable bonds is 2. The lowest BCUT2D eigenvalue weighted by Crippen LogP contribution is -2.22. The van der Waals surface area contributed by atoms with Gasteiger partial charge in [-0.1, -0.05) is 5.16 Å². The van der Waals surface area contributed by atoms with Crippen molar-refractivity contribution < 1.29 is 14.0 Å². The average Bonchev–Trinajstić information content (AvgIpc) is 2.98. The van der Waals surface area contributed by atoms with Gasteiger partial charge in [0.25, 0.3) is 5.89 Å². The summed E-state index contributed by atoms with van der Waals surface area (Å²) in [6.07, 6.45) is -0.242. The molecule has 0 aliphatic carbocycles. The first-order chi connectivity index (χ1) is 8.33. The van der Waals surface area contributed by atoms with Crippen molar-refractivity contribution in [3.63, 3.8) is 0 Å². The molecule has 1 aliphatic heterocycles. The van der Waals surface area contributed by atoms with E-state index in [9.17, 15) is 0 Å². The van der Waals surface area contributed by atoms with E-state index in [0.29, 0.717) is 31.5 Å². The van der Waals surface area contributed by atoms with Gasteiger partial charge in [-0.3, -0.25) is 0 Å². The summed E-state index contributed by atoms with van der Waals surface area (Å²) in [6.45, 7) is 1.65. The van der Waals surface area contributed by atoms with Crippen LogP contribution in [0.3, 0.4) is 0 Å². The highest BCUT2D eigenvalue weighted by atomic mass is 79.9. The van der Waals surface area contributed by atoms with Crippen LogP contribution in [0.5, 0.6) is 0 Å². The van der Waals surface area contributed by atoms with Gasteiger partial charge in [0.2, 0.25) is 5.82 Å². The Morgan fingerprint density at radius 2 is 2.35 bits per heavy atom. The fourth-order valence-corrected chi connectivity index (χ4v) is 2.88. The Hall–Kier alpha value is -0.760. The molecule has 1 aliphatic rings. The van der Waals surface area contributed by atoms with E-state index in [1.807, 2.05) is 11.4 Å². The van der Waals surface area contributed by atoms with Crippen LogP contribution in [0.2, 0.25) is 0 Å². The summed E-state index contributed by atoms with van der Waals surface area (Å²) in [5.74, 6) is 1.06. The van der Waals surface area contributed by atoms with Crippen molar-refractivity contribution in [1.29, 1.82) is 0 Å². The van der Waals surface area contributed by atoms with E-state index in [0.717, 1.165) is 9.35 Å². The second-order valence-corrected chi connectivity index (χ2v) is 5.35. The van der Waals surface area contributed by atoms with E-state index >= 15 is 0 Å². The molecule has 0 aromatic carbocycles. The van der Waals surface area contributed by atoms with Crippen molar-refractivity contribution in [2.45, 2.75) is 6.10 Å². The van der Waals surface area contributed by atoms with Crippen molar-refractivity contribution in [3.8, 4) is 10.7 Å². The molecule has 0 amide bonds. The number of halogens is 1. The van der Waals surface area contributed by atoms with Crippen molar-refractivity contribution in [2.75, 3.05) is 19.8 Å². The van der Waals surface area contributed by atoms with E-state index in [2.05, 4.69) is 26.1 Å². The summed E-state index contributed by atoms with van der Waals surface area (Å²) in [7, 11) is 0. The van der Waals surface area contributed by atoms with Crippen LogP contribution in [0, 0.1) is 0 Å². The summed E-state index contributed by atoms with van der Waals surface area (Å²) >= 11 is 4.95. The molecule has 0 bridgehead atoms. The molecule has 2 aromatic rings. The van der Waals surface area contributed by atoms with Gasteiger partial charge < -0.3 is 14.0 Å². The summed E-state index contributed by atoms with van der Waals surface area (Å²) in [6, 6.07) is 1.96. The monoisotopic (exact) mass is 316 g/mol. The molecule has 1 fully saturated rings. The maximum absolute atomic E-state index is 5.49. The van der Waals surface area contributed by atoms with Crippen molar-refractivity contribution in [1.82, 2.24) is 10.1 Å². The minimum Gasteiger partial charge on any atom is -0.376 e. The molecule has 0 radical (unpaired) electrons. The van der Waals surface area contributed by atoms with Gasteiger partial charge in [0.05, 0.1) is 24.7 Å². The fourth-order valence-electron chi connectivity index (χ4n) is 1.53. The first-order valence-corrected chi connectivity index (χ1v) is 6.77. The van der Waals surface area contributed by atoms with E-state index in [-0.39, 0.29) is 6.10 Å². The van der Waals surface area contributed by atoms with Gasteiger partial charge in [-0.15, -0.1) is 11.3 Å². The van der Waals surface area contributed by atoms with Crippen LogP contribution in [-0.4, -0.2) is 30.0 Å². The first-order valence-electron chi connectivity index (χ1n) is 5.10. The molecule has 7 heteroatoms. The number of hydrogen-bond donors (Lipinski definition) is 0. The molecule has 3 rings (SSSR count). The van der Waals surface area contributed by atoms with Crippen LogP contribution in [-0.2, 0) is 9.47 Å². The SMILES string of the molecule is Brc1csc(-c2noc([C@@H]3COCCO3)n2)c1. The van der Waals surface area contributed by atoms with Gasteiger partial charge in [-0.2, -0.15) is 4.98 Å². The Morgan fingerprint density at radius 1 is 1.41 bits per heavy atom. The van der Waals surface area contributed by atoms with Crippen LogP contribution < -0.4 is 0 Å². The topological polar surface area (TPSA) is 57.4 Å². The largest absolute Gasteiger partial charge is 0.376 e. The number of ether oxygens (including phenoxy) is 2. The molecule has 1 saturated heterocycles. The van der Waals surface area contributed by atoms with E-state index in [1.54, 1.807) is 11.3 Å². The quantitative estimate of drug-likeness (QED) is 0.852. The molecule has 5 nitrogen and oxygen atoms in total. The van der Waals surface area contributed by atoms with Gasteiger partial charge in [0, 0.05) is 9.85 Å². The highest BCUT2D eigenvalue weighted by Gasteiger charge is 2.23. The lowest BCUT2D eigenvalue weighted by atomic mass is 10.3. The lowest BCUT2D eigenvalue weighted by Gasteiger charge is -2.19. The highest BCUT2D eigenvalue weighted by Crippen LogP contribution is 2.29. The second kappa shape index (κ2) is 4.85. The van der Waals surface area contributed by atoms with Crippen LogP contribution in [0.4, 0.5) is 0 Å². The van der Waals surface area contributed by atoms with Gasteiger partial charge in [0.1, 0.15) is 0 Å². The van der Waals surface area contributed by atoms with E-state index < -0.39 is 0 Å². The zero-order valence-electron chi connectivity index (χ0n) is 8.76. The van der Waals surface area contributed by atoms with Crippen LogP contribution in [0.1, 0.15) is 12.0 Å². The zero-order valence-corrected chi connectivity index (χ0v) is 11.2. The minimum absolute atomic E-state index is 0.242. The standard InChI is InChI=1S/C10H9BrN2O3S/c11-6-3-8(17-5-6)9-12-10(16-13-9)7-4-14-1-2-15-7/h3,5,7H,1-2,4H2/t7-/m0/s1. The Kier molecular flexibility index (Phi) is 3.24. The molecular formula is C10H9BrN2O3S. The minimum atomic E-state index is -0.242. The van der Waals surface area contributed by atoms with E-state index in [4.69, 9.17) is 14.0 Å². The predicted octanol–water partition coefficient (Wildman–Crippen LogP) is 2.65. The van der Waals surface area contributed by atoms with Crippen molar-refractivity contribution in [2.24, 2.45) is 0 Å². The Bertz CT molecular complexity index is 507. The number of thiophene rings is 1. The molecule has 90 valence electrons. The van der Waals surface area contributed by atoms with Crippen LogP contribution in [0.25, 0.3) is 10.7 Å². The summed E-state index contributed by atoms with van der Waals surface area (Å²) < 4.78 is 17.0. The fraction of sp³-hybridized carbons (Fsp3) is 0.400. The average molecular weight is 317 g/mol. The Labute approximate surface area is 110 Å². The molecule has 0 spiro atoms. The maximum Gasteiger partial charge on any atom is 0.258 e. The van der Waals surface area contributed by atoms with E-state index in [1.165, 1.54) is 0 Å². The van der Waals surface area contributed by atoms with Gasteiger partial charge in [-0.25, -0.2) is 0 Å². The summed E-state index contributed by atoms with van der Waals surface area (Å²) in [4.78, 5) is 5.29. The maximum atomic E-state index is 5.49. The normalized spacial score (nSPS) is 20.6. The van der Waals surface area contributed by atoms with Crippen LogP contribution >= 0.6 is 27.3 Å². The first kappa shape index (κ1) is 11.3. The summed E-state index contributed by atoms with van der Waals surface area (Å²) in [5, 5.41) is 5.92. The molecule has 1 atom stereocenters. The molecular weight excluding hydrogens is 308 g/mol. The third kappa shape index (κ3) is 2.42.